The molecule has 1 saturated heterocycles. The number of pyridine rings is 1. The summed E-state index contributed by atoms with van der Waals surface area (Å²) in [5.41, 5.74) is 7.85. The number of nitrogens with one attached hydrogen (secondary N) is 1. The molecule has 1 aliphatic rings. The van der Waals surface area contributed by atoms with E-state index in [4.69, 9.17) is 11.1 Å². The molecule has 0 amide bonds. The van der Waals surface area contributed by atoms with Crippen LogP contribution in [0.25, 0.3) is 0 Å². The van der Waals surface area contributed by atoms with Crippen LogP contribution in [0.5, 0.6) is 0 Å². The van der Waals surface area contributed by atoms with E-state index < -0.39 is 0 Å². The predicted molar refractivity (Wildman–Crippen MR) is 67.7 cm³/mol. The van der Waals surface area contributed by atoms with Crippen LogP contribution >= 0.6 is 0 Å². The van der Waals surface area contributed by atoms with Gasteiger partial charge < -0.3 is 10.6 Å². The zero-order valence-corrected chi connectivity index (χ0v) is 10.2. The van der Waals surface area contributed by atoms with Gasteiger partial charge in [-0.15, -0.1) is 0 Å². The molecule has 5 nitrogen and oxygen atoms in total. The molecule has 5 heteroatoms. The first-order chi connectivity index (χ1) is 8.16. The zero-order valence-electron chi connectivity index (χ0n) is 10.2. The molecule has 0 bridgehead atoms. The van der Waals surface area contributed by atoms with E-state index in [0.29, 0.717) is 0 Å². The third-order valence-corrected chi connectivity index (χ3v) is 3.22. The van der Waals surface area contributed by atoms with Crippen LogP contribution in [0.3, 0.4) is 0 Å². The molecule has 3 N–H and O–H groups in total. The third kappa shape index (κ3) is 2.94. The fourth-order valence-corrected chi connectivity index (χ4v) is 2.07. The highest BCUT2D eigenvalue weighted by molar-refractivity contribution is 5.74. The van der Waals surface area contributed by atoms with Gasteiger partial charge in [0.05, 0.1) is 0 Å². The largest absolute Gasteiger partial charge is 0.370 e. The van der Waals surface area contributed by atoms with Gasteiger partial charge in [-0.25, -0.2) is 0 Å². The normalized spacial score (nSPS) is 17.1. The molecule has 1 aromatic rings. The van der Waals surface area contributed by atoms with E-state index in [9.17, 15) is 0 Å². The Bertz CT molecular complexity index is 396. The molecular formula is C12H19N5. The molecule has 0 aliphatic carbocycles. The molecule has 0 aromatic carbocycles. The second kappa shape index (κ2) is 5.14. The van der Waals surface area contributed by atoms with Crippen molar-refractivity contribution in [2.45, 2.75) is 13.5 Å². The van der Waals surface area contributed by atoms with Gasteiger partial charge in [0.1, 0.15) is 0 Å². The van der Waals surface area contributed by atoms with Crippen LogP contribution in [0.2, 0.25) is 0 Å². The Morgan fingerprint density at radius 2 is 2.12 bits per heavy atom. The van der Waals surface area contributed by atoms with Crippen molar-refractivity contribution in [2.75, 3.05) is 26.2 Å². The molecule has 0 atom stereocenters. The lowest BCUT2D eigenvalue weighted by Crippen LogP contribution is -2.50. The maximum Gasteiger partial charge on any atom is 0.188 e. The lowest BCUT2D eigenvalue weighted by Gasteiger charge is -2.35. The molecular weight excluding hydrogens is 214 g/mol. The number of guanidine groups is 1. The van der Waals surface area contributed by atoms with Crippen molar-refractivity contribution in [3.63, 3.8) is 0 Å². The van der Waals surface area contributed by atoms with Crippen LogP contribution in [-0.4, -0.2) is 46.9 Å². The van der Waals surface area contributed by atoms with Gasteiger partial charge in [0, 0.05) is 44.6 Å². The van der Waals surface area contributed by atoms with Crippen molar-refractivity contribution in [2.24, 2.45) is 5.73 Å². The topological polar surface area (TPSA) is 69.2 Å². The van der Waals surface area contributed by atoms with E-state index in [1.807, 2.05) is 24.1 Å². The second-order valence-corrected chi connectivity index (χ2v) is 4.40. The van der Waals surface area contributed by atoms with Crippen molar-refractivity contribution in [3.05, 3.63) is 29.6 Å². The van der Waals surface area contributed by atoms with Crippen LogP contribution in [0.15, 0.2) is 18.3 Å². The van der Waals surface area contributed by atoms with E-state index >= 15 is 0 Å². The number of nitrogens with two attached hydrogens (primary N) is 1. The van der Waals surface area contributed by atoms with Gasteiger partial charge in [0.15, 0.2) is 5.96 Å². The van der Waals surface area contributed by atoms with E-state index in [1.54, 1.807) is 0 Å². The maximum atomic E-state index is 7.39. The Balaban J connectivity index is 1.90. The molecule has 2 heterocycles. The highest BCUT2D eigenvalue weighted by Gasteiger charge is 2.17. The number of nitrogens with zero attached hydrogens (tertiary/aromatic N) is 3. The standard InChI is InChI=1S/C12H19N5/c1-10-11(3-2-4-15-10)9-16-5-7-17(8-6-16)12(13)14/h2-4H,5-9H2,1H3,(H3,13,14). The molecule has 0 unspecified atom stereocenters. The van der Waals surface area contributed by atoms with E-state index in [2.05, 4.69) is 16.0 Å². The quantitative estimate of drug-likeness (QED) is 0.573. The average Bonchev–Trinajstić information content (AvgIpc) is 2.33. The summed E-state index contributed by atoms with van der Waals surface area (Å²) in [6.45, 7) is 6.57. The summed E-state index contributed by atoms with van der Waals surface area (Å²) in [5.74, 6) is 0.183. The smallest absolute Gasteiger partial charge is 0.188 e. The number of aromatic nitrogens is 1. The Morgan fingerprint density at radius 1 is 1.41 bits per heavy atom. The molecule has 17 heavy (non-hydrogen) atoms. The molecule has 1 aliphatic heterocycles. The minimum Gasteiger partial charge on any atom is -0.370 e. The van der Waals surface area contributed by atoms with E-state index in [1.165, 1.54) is 5.56 Å². The fourth-order valence-electron chi connectivity index (χ4n) is 2.07. The molecule has 92 valence electrons. The van der Waals surface area contributed by atoms with Crippen molar-refractivity contribution >= 4 is 5.96 Å². The SMILES string of the molecule is Cc1ncccc1CN1CCN(C(=N)N)CC1. The summed E-state index contributed by atoms with van der Waals surface area (Å²) < 4.78 is 0. The van der Waals surface area contributed by atoms with Crippen molar-refractivity contribution in [1.82, 2.24) is 14.8 Å². The summed E-state index contributed by atoms with van der Waals surface area (Å²) in [4.78, 5) is 8.58. The Kier molecular flexibility index (Phi) is 3.58. The highest BCUT2D eigenvalue weighted by atomic mass is 15.3. The summed E-state index contributed by atoms with van der Waals surface area (Å²) in [6.07, 6.45) is 1.83. The first kappa shape index (κ1) is 11.9. The first-order valence-corrected chi connectivity index (χ1v) is 5.88. The fraction of sp³-hybridized carbons (Fsp3) is 0.500. The van der Waals surface area contributed by atoms with Crippen LogP contribution < -0.4 is 5.73 Å². The van der Waals surface area contributed by atoms with Crippen molar-refractivity contribution in [1.29, 1.82) is 5.41 Å². The van der Waals surface area contributed by atoms with Gasteiger partial charge >= 0.3 is 0 Å². The minimum atomic E-state index is 0.183. The van der Waals surface area contributed by atoms with Gasteiger partial charge in [0.25, 0.3) is 0 Å². The van der Waals surface area contributed by atoms with Crippen molar-refractivity contribution < 1.29 is 0 Å². The number of rotatable bonds is 2. The van der Waals surface area contributed by atoms with Crippen LogP contribution in [0.1, 0.15) is 11.3 Å². The van der Waals surface area contributed by atoms with Gasteiger partial charge in [0.2, 0.25) is 0 Å². The lowest BCUT2D eigenvalue weighted by molar-refractivity contribution is 0.173. The molecule has 0 radical (unpaired) electrons. The van der Waals surface area contributed by atoms with Gasteiger partial charge in [-0.1, -0.05) is 6.07 Å². The van der Waals surface area contributed by atoms with E-state index in [-0.39, 0.29) is 5.96 Å². The zero-order chi connectivity index (χ0) is 12.3. The first-order valence-electron chi connectivity index (χ1n) is 5.88. The average molecular weight is 233 g/mol. The lowest BCUT2D eigenvalue weighted by atomic mass is 10.2. The van der Waals surface area contributed by atoms with Gasteiger partial charge in [-0.3, -0.25) is 15.3 Å². The maximum absolute atomic E-state index is 7.39. The molecule has 0 spiro atoms. The monoisotopic (exact) mass is 233 g/mol. The molecule has 1 aromatic heterocycles. The molecule has 2 rings (SSSR count). The summed E-state index contributed by atoms with van der Waals surface area (Å²) in [7, 11) is 0. The molecule has 0 saturated carbocycles. The number of hydrogen-bond donors (Lipinski definition) is 2. The Morgan fingerprint density at radius 3 is 2.71 bits per heavy atom. The summed E-state index contributed by atoms with van der Waals surface area (Å²) in [6, 6.07) is 4.10. The van der Waals surface area contributed by atoms with E-state index in [0.717, 1.165) is 38.4 Å². The van der Waals surface area contributed by atoms with Gasteiger partial charge in [-0.05, 0) is 18.6 Å². The van der Waals surface area contributed by atoms with Gasteiger partial charge in [-0.2, -0.15) is 0 Å². The second-order valence-electron chi connectivity index (χ2n) is 4.40. The minimum absolute atomic E-state index is 0.183. The molecule has 1 fully saturated rings. The highest BCUT2D eigenvalue weighted by Crippen LogP contribution is 2.10. The Labute approximate surface area is 102 Å². The number of piperazine rings is 1. The number of aryl methyl sites for hydroxylation is 1. The Hall–Kier alpha value is -1.62. The summed E-state index contributed by atoms with van der Waals surface area (Å²) in [5, 5.41) is 7.39. The number of hydrogen-bond acceptors (Lipinski definition) is 3. The van der Waals surface area contributed by atoms with Crippen LogP contribution in [0, 0.1) is 12.3 Å². The van der Waals surface area contributed by atoms with Crippen LogP contribution in [-0.2, 0) is 6.54 Å². The van der Waals surface area contributed by atoms with Crippen molar-refractivity contribution in [3.8, 4) is 0 Å². The summed E-state index contributed by atoms with van der Waals surface area (Å²) >= 11 is 0. The third-order valence-electron chi connectivity index (χ3n) is 3.22. The van der Waals surface area contributed by atoms with Crippen LogP contribution in [0.4, 0.5) is 0 Å². The predicted octanol–water partition coefficient (Wildman–Crippen LogP) is 0.401.